The van der Waals surface area contributed by atoms with Gasteiger partial charge in [-0.05, 0) is 31.2 Å². The van der Waals surface area contributed by atoms with Crippen molar-refractivity contribution in [1.82, 2.24) is 9.62 Å². The minimum Gasteiger partial charge on any atom is -0.383 e. The van der Waals surface area contributed by atoms with Gasteiger partial charge in [-0.25, -0.2) is 13.1 Å². The molecule has 0 saturated carbocycles. The van der Waals surface area contributed by atoms with E-state index in [9.17, 15) is 22.8 Å². The normalized spacial score (nSPS) is 18.3. The predicted octanol–water partition coefficient (Wildman–Crippen LogP) is 0.333. The van der Waals surface area contributed by atoms with Gasteiger partial charge in [0.1, 0.15) is 0 Å². The number of nitrogens with zero attached hydrogens (tertiary/aromatic N) is 1. The Bertz CT molecular complexity index is 822. The van der Waals surface area contributed by atoms with Crippen molar-refractivity contribution in [2.45, 2.75) is 31.2 Å². The maximum Gasteiger partial charge on any atom is 0.264 e. The molecule has 1 fully saturated rings. The molecule has 1 aliphatic rings. The highest BCUT2D eigenvalue weighted by molar-refractivity contribution is 7.90. The molecule has 1 heterocycles. The molecule has 1 saturated heterocycles. The van der Waals surface area contributed by atoms with E-state index < -0.39 is 21.8 Å². The van der Waals surface area contributed by atoms with Crippen molar-refractivity contribution in [2.24, 2.45) is 5.92 Å². The van der Waals surface area contributed by atoms with E-state index in [1.165, 1.54) is 24.3 Å². The number of anilines is 1. The van der Waals surface area contributed by atoms with Gasteiger partial charge in [0.2, 0.25) is 17.7 Å². The summed E-state index contributed by atoms with van der Waals surface area (Å²) in [5.74, 6) is -1.59. The van der Waals surface area contributed by atoms with E-state index in [0.29, 0.717) is 18.8 Å². The van der Waals surface area contributed by atoms with Gasteiger partial charge in [-0.2, -0.15) is 0 Å². The Hall–Kier alpha value is -2.46. The molecule has 2 rings (SSSR count). The van der Waals surface area contributed by atoms with Gasteiger partial charge >= 0.3 is 0 Å². The number of hydrogen-bond acceptors (Lipinski definition) is 6. The average molecular weight is 397 g/mol. The van der Waals surface area contributed by atoms with Crippen molar-refractivity contribution < 1.29 is 27.5 Å². The summed E-state index contributed by atoms with van der Waals surface area (Å²) in [5.41, 5.74) is 0.401. The molecular weight excluding hydrogens is 374 g/mol. The number of hydrogen-bond donors (Lipinski definition) is 2. The molecule has 3 amide bonds. The van der Waals surface area contributed by atoms with Crippen LogP contribution in [0.15, 0.2) is 29.2 Å². The SMILES string of the molecule is COC[C@H](C)N1C[C@H](C(=O)Nc2ccc(S(=O)(=O)NC(C)=O)cc2)CC1=O. The van der Waals surface area contributed by atoms with Crippen LogP contribution in [0.3, 0.4) is 0 Å². The van der Waals surface area contributed by atoms with Crippen LogP contribution in [-0.2, 0) is 29.1 Å². The fourth-order valence-electron chi connectivity index (χ4n) is 2.87. The van der Waals surface area contributed by atoms with E-state index in [2.05, 4.69) is 5.32 Å². The smallest absolute Gasteiger partial charge is 0.264 e. The zero-order valence-corrected chi connectivity index (χ0v) is 16.2. The van der Waals surface area contributed by atoms with Gasteiger partial charge in [0.05, 0.1) is 23.5 Å². The number of carbonyl (C=O) groups excluding carboxylic acids is 3. The highest BCUT2D eigenvalue weighted by Crippen LogP contribution is 2.22. The van der Waals surface area contributed by atoms with Crippen LogP contribution < -0.4 is 10.0 Å². The number of ether oxygens (including phenoxy) is 1. The number of nitrogens with one attached hydrogen (secondary N) is 2. The Morgan fingerprint density at radius 3 is 2.48 bits per heavy atom. The van der Waals surface area contributed by atoms with Crippen LogP contribution in [-0.4, -0.2) is 57.3 Å². The molecule has 27 heavy (non-hydrogen) atoms. The first-order chi connectivity index (χ1) is 12.6. The number of benzene rings is 1. The minimum atomic E-state index is -3.93. The molecule has 2 N–H and O–H groups in total. The van der Waals surface area contributed by atoms with E-state index in [1.54, 1.807) is 12.0 Å². The van der Waals surface area contributed by atoms with Crippen molar-refractivity contribution in [3.05, 3.63) is 24.3 Å². The molecule has 2 atom stereocenters. The lowest BCUT2D eigenvalue weighted by Crippen LogP contribution is -2.38. The van der Waals surface area contributed by atoms with Crippen molar-refractivity contribution in [3.63, 3.8) is 0 Å². The van der Waals surface area contributed by atoms with Crippen LogP contribution >= 0.6 is 0 Å². The monoisotopic (exact) mass is 397 g/mol. The van der Waals surface area contributed by atoms with Crippen LogP contribution in [0, 0.1) is 5.92 Å². The third-order valence-corrected chi connectivity index (χ3v) is 5.63. The molecule has 1 aliphatic heterocycles. The summed E-state index contributed by atoms with van der Waals surface area (Å²) < 4.78 is 30.7. The highest BCUT2D eigenvalue weighted by Gasteiger charge is 2.36. The maximum atomic E-state index is 12.4. The molecular formula is C17H23N3O6S. The number of carbonyl (C=O) groups is 3. The van der Waals surface area contributed by atoms with Gasteiger partial charge in [0, 0.05) is 32.7 Å². The third-order valence-electron chi connectivity index (χ3n) is 4.18. The Balaban J connectivity index is 2.00. The van der Waals surface area contributed by atoms with Crippen LogP contribution in [0.2, 0.25) is 0 Å². The van der Waals surface area contributed by atoms with Crippen LogP contribution in [0.4, 0.5) is 5.69 Å². The Morgan fingerprint density at radius 1 is 1.30 bits per heavy atom. The quantitative estimate of drug-likeness (QED) is 0.684. The maximum absolute atomic E-state index is 12.4. The molecule has 9 nitrogen and oxygen atoms in total. The predicted molar refractivity (Wildman–Crippen MR) is 97.2 cm³/mol. The zero-order valence-electron chi connectivity index (χ0n) is 15.4. The molecule has 0 spiro atoms. The molecule has 148 valence electrons. The Labute approximate surface area is 158 Å². The fourth-order valence-corrected chi connectivity index (χ4v) is 3.86. The third kappa shape index (κ3) is 5.27. The van der Waals surface area contributed by atoms with E-state index in [4.69, 9.17) is 4.74 Å². The summed E-state index contributed by atoms with van der Waals surface area (Å²) in [7, 11) is -2.37. The summed E-state index contributed by atoms with van der Waals surface area (Å²) in [5, 5.41) is 2.68. The molecule has 0 radical (unpaired) electrons. The minimum absolute atomic E-state index is 0.0914. The van der Waals surface area contributed by atoms with Crippen molar-refractivity contribution >= 4 is 33.4 Å². The number of rotatable bonds is 7. The van der Waals surface area contributed by atoms with E-state index in [-0.39, 0.29) is 29.2 Å². The zero-order chi connectivity index (χ0) is 20.2. The first-order valence-corrected chi connectivity index (χ1v) is 9.85. The number of methoxy groups -OCH3 is 1. The Morgan fingerprint density at radius 2 is 1.93 bits per heavy atom. The van der Waals surface area contributed by atoms with Gasteiger partial charge < -0.3 is 15.0 Å². The van der Waals surface area contributed by atoms with Gasteiger partial charge in [0.25, 0.3) is 10.0 Å². The fraction of sp³-hybridized carbons (Fsp3) is 0.471. The van der Waals surface area contributed by atoms with Crippen LogP contribution in [0.1, 0.15) is 20.3 Å². The Kier molecular flexibility index (Phi) is 6.55. The molecule has 0 bridgehead atoms. The van der Waals surface area contributed by atoms with E-state index >= 15 is 0 Å². The molecule has 10 heteroatoms. The van der Waals surface area contributed by atoms with Crippen LogP contribution in [0.25, 0.3) is 0 Å². The average Bonchev–Trinajstić information content (AvgIpc) is 2.96. The van der Waals surface area contributed by atoms with E-state index in [1.807, 2.05) is 11.6 Å². The summed E-state index contributed by atoms with van der Waals surface area (Å²) >= 11 is 0. The van der Waals surface area contributed by atoms with Gasteiger partial charge in [-0.1, -0.05) is 0 Å². The summed E-state index contributed by atoms with van der Waals surface area (Å²) in [6.45, 7) is 3.66. The van der Waals surface area contributed by atoms with Gasteiger partial charge in [0.15, 0.2) is 0 Å². The first kappa shape index (κ1) is 20.8. The van der Waals surface area contributed by atoms with Crippen molar-refractivity contribution in [3.8, 4) is 0 Å². The second-order valence-corrected chi connectivity index (χ2v) is 8.11. The summed E-state index contributed by atoms with van der Waals surface area (Å²) in [6.07, 6.45) is 0.120. The molecule has 0 aromatic heterocycles. The molecule has 1 aromatic carbocycles. The lowest BCUT2D eigenvalue weighted by atomic mass is 10.1. The molecule has 1 aromatic rings. The number of amides is 3. The van der Waals surface area contributed by atoms with E-state index in [0.717, 1.165) is 6.92 Å². The second-order valence-electron chi connectivity index (χ2n) is 6.43. The second kappa shape index (κ2) is 8.49. The molecule has 0 aliphatic carbocycles. The topological polar surface area (TPSA) is 122 Å². The highest BCUT2D eigenvalue weighted by atomic mass is 32.2. The standard InChI is InChI=1S/C17H23N3O6S/c1-11(10-26-3)20-9-13(8-16(20)22)17(23)18-14-4-6-15(7-5-14)27(24,25)19-12(2)21/h4-7,11,13H,8-10H2,1-3H3,(H,18,23)(H,19,21)/t11-,13+/m0/s1. The van der Waals surface area contributed by atoms with Gasteiger partial charge in [-0.3, -0.25) is 14.4 Å². The largest absolute Gasteiger partial charge is 0.383 e. The lowest BCUT2D eigenvalue weighted by molar-refractivity contribution is -0.130. The van der Waals surface area contributed by atoms with Crippen molar-refractivity contribution in [2.75, 3.05) is 25.6 Å². The summed E-state index contributed by atoms with van der Waals surface area (Å²) in [6, 6.07) is 5.31. The number of likely N-dealkylation sites (tertiary alicyclic amines) is 1. The van der Waals surface area contributed by atoms with Crippen LogP contribution in [0.5, 0.6) is 0 Å². The first-order valence-electron chi connectivity index (χ1n) is 8.36. The lowest BCUT2D eigenvalue weighted by Gasteiger charge is -2.23. The number of sulfonamides is 1. The van der Waals surface area contributed by atoms with Gasteiger partial charge in [-0.15, -0.1) is 0 Å². The summed E-state index contributed by atoms with van der Waals surface area (Å²) in [4.78, 5) is 37.0. The molecule has 0 unspecified atom stereocenters. The van der Waals surface area contributed by atoms with Crippen molar-refractivity contribution in [1.29, 1.82) is 0 Å².